The molecule has 0 spiro atoms. The number of thiophene rings is 1. The number of hydrogen-bond acceptors (Lipinski definition) is 6. The molecule has 0 aliphatic carbocycles. The van der Waals surface area contributed by atoms with Crippen molar-refractivity contribution in [2.45, 2.75) is 13.5 Å². The summed E-state index contributed by atoms with van der Waals surface area (Å²) in [5.41, 5.74) is 6.64. The Morgan fingerprint density at radius 1 is 1.43 bits per heavy atom. The number of aliphatic imine (C=N–C) groups is 1. The first-order chi connectivity index (χ1) is 11.1. The third-order valence-corrected chi connectivity index (χ3v) is 4.59. The quantitative estimate of drug-likeness (QED) is 0.399. The minimum Gasteiger partial charge on any atom is -0.383 e. The summed E-state index contributed by atoms with van der Waals surface area (Å²) in [4.78, 5) is 21.7. The number of ether oxygens (including phenoxy) is 1. The van der Waals surface area contributed by atoms with Crippen molar-refractivity contribution in [2.24, 2.45) is 10.7 Å². The highest BCUT2D eigenvalue weighted by Gasteiger charge is 2.08. The lowest BCUT2D eigenvalue weighted by Crippen LogP contribution is -2.33. The van der Waals surface area contributed by atoms with Crippen LogP contribution in [0.2, 0.25) is 0 Å². The van der Waals surface area contributed by atoms with Crippen molar-refractivity contribution in [3.8, 4) is 10.6 Å². The number of carbonyl (C=O) groups excluding carboxylic acids is 1. The number of carbonyl (C=O) groups is 1. The molecule has 0 saturated carbocycles. The molecule has 0 unspecified atom stereocenters. The number of methoxy groups -OCH3 is 1. The van der Waals surface area contributed by atoms with Gasteiger partial charge < -0.3 is 21.1 Å². The third kappa shape index (κ3) is 5.62. The molecule has 2 aromatic rings. The van der Waals surface area contributed by atoms with Gasteiger partial charge in [-0.2, -0.15) is 4.99 Å². The monoisotopic (exact) mass is 353 g/mol. The maximum absolute atomic E-state index is 10.9. The average Bonchev–Trinajstić information content (AvgIpc) is 3.14. The van der Waals surface area contributed by atoms with Crippen molar-refractivity contribution in [2.75, 3.05) is 20.3 Å². The first-order valence-electron chi connectivity index (χ1n) is 6.94. The van der Waals surface area contributed by atoms with Crippen molar-refractivity contribution in [1.82, 2.24) is 15.6 Å². The van der Waals surface area contributed by atoms with Crippen LogP contribution in [0.15, 0.2) is 22.5 Å². The Balaban J connectivity index is 1.98. The van der Waals surface area contributed by atoms with Crippen molar-refractivity contribution in [3.63, 3.8) is 0 Å². The van der Waals surface area contributed by atoms with Crippen LogP contribution in [0.1, 0.15) is 11.8 Å². The van der Waals surface area contributed by atoms with E-state index in [0.717, 1.165) is 15.4 Å². The van der Waals surface area contributed by atoms with Crippen LogP contribution in [0, 0.1) is 0 Å². The summed E-state index contributed by atoms with van der Waals surface area (Å²) < 4.78 is 4.93. The van der Waals surface area contributed by atoms with Gasteiger partial charge in [0.2, 0.25) is 11.0 Å². The molecule has 23 heavy (non-hydrogen) atoms. The SMILES string of the molecule is COCCN/C(N)=N/c1nc(-c2ccc(CNC(C)=O)s2)cs1. The minimum absolute atomic E-state index is 0.0401. The summed E-state index contributed by atoms with van der Waals surface area (Å²) in [6.45, 7) is 3.20. The topological polar surface area (TPSA) is 102 Å². The highest BCUT2D eigenvalue weighted by molar-refractivity contribution is 7.16. The van der Waals surface area contributed by atoms with Crippen molar-refractivity contribution in [1.29, 1.82) is 0 Å². The fourth-order valence-corrected chi connectivity index (χ4v) is 3.36. The molecule has 124 valence electrons. The molecular formula is C14H19N5O2S2. The molecule has 0 saturated heterocycles. The van der Waals surface area contributed by atoms with Crippen molar-refractivity contribution < 1.29 is 9.53 Å². The zero-order valence-corrected chi connectivity index (χ0v) is 14.6. The Morgan fingerprint density at radius 3 is 3.00 bits per heavy atom. The summed E-state index contributed by atoms with van der Waals surface area (Å²) in [5.74, 6) is 0.280. The van der Waals surface area contributed by atoms with Crippen LogP contribution in [0.5, 0.6) is 0 Å². The van der Waals surface area contributed by atoms with E-state index in [-0.39, 0.29) is 5.91 Å². The van der Waals surface area contributed by atoms with E-state index in [1.54, 1.807) is 18.4 Å². The number of amides is 1. The number of thiazole rings is 1. The molecule has 0 aliphatic rings. The Hall–Kier alpha value is -1.97. The molecule has 1 amide bonds. The Bertz CT molecular complexity index is 680. The van der Waals surface area contributed by atoms with Crippen LogP contribution in [0.3, 0.4) is 0 Å². The normalized spacial score (nSPS) is 11.5. The first kappa shape index (κ1) is 17.4. The Kier molecular flexibility index (Phi) is 6.51. The Morgan fingerprint density at radius 2 is 2.26 bits per heavy atom. The van der Waals surface area contributed by atoms with Crippen LogP contribution >= 0.6 is 22.7 Å². The molecule has 7 nitrogen and oxygen atoms in total. The largest absolute Gasteiger partial charge is 0.383 e. The summed E-state index contributed by atoms with van der Waals surface area (Å²) in [6, 6.07) is 3.98. The van der Waals surface area contributed by atoms with Gasteiger partial charge in [-0.25, -0.2) is 4.98 Å². The zero-order valence-electron chi connectivity index (χ0n) is 13.0. The zero-order chi connectivity index (χ0) is 16.7. The van der Waals surface area contributed by atoms with E-state index in [0.29, 0.717) is 30.8 Å². The highest BCUT2D eigenvalue weighted by Crippen LogP contribution is 2.31. The van der Waals surface area contributed by atoms with E-state index in [1.165, 1.54) is 18.3 Å². The van der Waals surface area contributed by atoms with Crippen LogP contribution in [-0.2, 0) is 16.1 Å². The summed E-state index contributed by atoms with van der Waals surface area (Å²) in [5, 5.41) is 8.26. The maximum atomic E-state index is 10.9. The van der Waals surface area contributed by atoms with Gasteiger partial charge in [-0.1, -0.05) is 0 Å². The average molecular weight is 353 g/mol. The standard InChI is InChI=1S/C14H19N5O2S2/c1-9(20)17-7-10-3-4-12(23-10)11-8-22-14(18-11)19-13(15)16-5-6-21-2/h3-4,8H,5-7H2,1-2H3,(H,17,20)(H3,15,16,18,19). The molecule has 0 atom stereocenters. The lowest BCUT2D eigenvalue weighted by molar-refractivity contribution is -0.119. The molecule has 2 aromatic heterocycles. The molecule has 2 heterocycles. The second kappa shape index (κ2) is 8.61. The number of aromatic nitrogens is 1. The number of guanidine groups is 1. The molecule has 2 rings (SSSR count). The molecule has 9 heteroatoms. The van der Waals surface area contributed by atoms with E-state index in [9.17, 15) is 4.79 Å². The van der Waals surface area contributed by atoms with E-state index in [2.05, 4.69) is 20.6 Å². The van der Waals surface area contributed by atoms with Gasteiger partial charge in [0, 0.05) is 30.8 Å². The van der Waals surface area contributed by atoms with Gasteiger partial charge in [-0.15, -0.1) is 22.7 Å². The number of nitrogens with one attached hydrogen (secondary N) is 2. The lowest BCUT2D eigenvalue weighted by atomic mass is 10.3. The fraction of sp³-hybridized carbons (Fsp3) is 0.357. The highest BCUT2D eigenvalue weighted by atomic mass is 32.1. The molecule has 4 N–H and O–H groups in total. The van der Waals surface area contributed by atoms with E-state index in [1.807, 2.05) is 17.5 Å². The number of hydrogen-bond donors (Lipinski definition) is 3. The Labute approximate surface area is 142 Å². The second-order valence-electron chi connectivity index (χ2n) is 4.61. The fourth-order valence-electron chi connectivity index (χ4n) is 1.67. The van der Waals surface area contributed by atoms with Crippen LogP contribution in [0.4, 0.5) is 5.13 Å². The molecular weight excluding hydrogens is 334 g/mol. The van der Waals surface area contributed by atoms with Crippen molar-refractivity contribution in [3.05, 3.63) is 22.4 Å². The lowest BCUT2D eigenvalue weighted by Gasteiger charge is -2.02. The molecule has 0 radical (unpaired) electrons. The van der Waals surface area contributed by atoms with Crippen LogP contribution in [0.25, 0.3) is 10.6 Å². The van der Waals surface area contributed by atoms with Gasteiger partial charge in [0.1, 0.15) is 0 Å². The van der Waals surface area contributed by atoms with Gasteiger partial charge in [0.25, 0.3) is 0 Å². The summed E-state index contributed by atoms with van der Waals surface area (Å²) in [6.07, 6.45) is 0. The molecule has 0 fully saturated rings. The minimum atomic E-state index is -0.0401. The van der Waals surface area contributed by atoms with E-state index < -0.39 is 0 Å². The summed E-state index contributed by atoms with van der Waals surface area (Å²) in [7, 11) is 1.63. The van der Waals surface area contributed by atoms with Gasteiger partial charge >= 0.3 is 0 Å². The van der Waals surface area contributed by atoms with E-state index in [4.69, 9.17) is 10.5 Å². The predicted octanol–water partition coefficient (Wildman–Crippen LogP) is 1.69. The predicted molar refractivity (Wildman–Crippen MR) is 94.1 cm³/mol. The number of rotatable bonds is 7. The van der Waals surface area contributed by atoms with Crippen LogP contribution in [-0.4, -0.2) is 37.1 Å². The smallest absolute Gasteiger partial charge is 0.217 e. The van der Waals surface area contributed by atoms with Gasteiger partial charge in [-0.3, -0.25) is 4.79 Å². The maximum Gasteiger partial charge on any atom is 0.217 e. The molecule has 0 bridgehead atoms. The van der Waals surface area contributed by atoms with Gasteiger partial charge in [-0.05, 0) is 12.1 Å². The molecule has 0 aliphatic heterocycles. The third-order valence-electron chi connectivity index (χ3n) is 2.75. The second-order valence-corrected chi connectivity index (χ2v) is 6.61. The van der Waals surface area contributed by atoms with Crippen molar-refractivity contribution >= 4 is 39.7 Å². The first-order valence-corrected chi connectivity index (χ1v) is 8.64. The van der Waals surface area contributed by atoms with Gasteiger partial charge in [0.05, 0.1) is 23.7 Å². The molecule has 0 aromatic carbocycles. The number of nitrogens with zero attached hydrogens (tertiary/aromatic N) is 2. The summed E-state index contributed by atoms with van der Waals surface area (Å²) >= 11 is 3.02. The van der Waals surface area contributed by atoms with Crippen LogP contribution < -0.4 is 16.4 Å². The van der Waals surface area contributed by atoms with Gasteiger partial charge in [0.15, 0.2) is 5.96 Å². The number of nitrogens with two attached hydrogens (primary N) is 1. The van der Waals surface area contributed by atoms with E-state index >= 15 is 0 Å².